The average molecular weight is 501 g/mol. The van der Waals surface area contributed by atoms with E-state index in [1.165, 1.54) is 0 Å². The fourth-order valence-electron chi connectivity index (χ4n) is 2.89. The van der Waals surface area contributed by atoms with Gasteiger partial charge >= 0.3 is 18.5 Å². The summed E-state index contributed by atoms with van der Waals surface area (Å²) in [5, 5.41) is 0.406. The lowest BCUT2D eigenvalue weighted by Crippen LogP contribution is -2.23. The first-order chi connectivity index (χ1) is 14.7. The third-order valence-electron chi connectivity index (χ3n) is 4.42. The van der Waals surface area contributed by atoms with E-state index in [9.17, 15) is 39.5 Å². The van der Waals surface area contributed by atoms with E-state index in [4.69, 9.17) is 11.6 Å². The number of hydrogen-bond acceptors (Lipinski definition) is 0. The molecule has 32 heavy (non-hydrogen) atoms. The number of hydrogen-bond donors (Lipinski definition) is 0. The molecule has 11 heteroatoms. The van der Waals surface area contributed by atoms with Crippen molar-refractivity contribution in [1.29, 1.82) is 0 Å². The maximum Gasteiger partial charge on any atom is 0.416 e. The second kappa shape index (κ2) is 8.60. The molecule has 0 saturated heterocycles. The summed E-state index contributed by atoms with van der Waals surface area (Å²) in [6, 6.07) is 10.3. The molecule has 0 fully saturated rings. The lowest BCUT2D eigenvalue weighted by Gasteiger charge is -2.22. The summed E-state index contributed by atoms with van der Waals surface area (Å²) in [4.78, 5) is 0. The van der Waals surface area contributed by atoms with Crippen LogP contribution in [-0.2, 0) is 18.5 Å². The Morgan fingerprint density at radius 1 is 0.500 bits per heavy atom. The SMILES string of the molecule is FC(F)(F)c1ccc(P(c2ccc(C(F)(F)F)cc2)c2ccc(C(F)(F)F)cc2Cl)cc1. The Morgan fingerprint density at radius 3 is 1.16 bits per heavy atom. The lowest BCUT2D eigenvalue weighted by molar-refractivity contribution is -0.138. The van der Waals surface area contributed by atoms with Crippen molar-refractivity contribution in [2.45, 2.75) is 18.5 Å². The van der Waals surface area contributed by atoms with Crippen LogP contribution in [0.3, 0.4) is 0 Å². The minimum atomic E-state index is -4.67. The van der Waals surface area contributed by atoms with E-state index < -0.39 is 43.1 Å². The molecule has 0 nitrogen and oxygen atoms in total. The van der Waals surface area contributed by atoms with E-state index in [0.717, 1.165) is 60.7 Å². The van der Waals surface area contributed by atoms with E-state index in [-0.39, 0.29) is 20.9 Å². The van der Waals surface area contributed by atoms with Crippen LogP contribution in [0.5, 0.6) is 0 Å². The molecule has 3 aromatic carbocycles. The van der Waals surface area contributed by atoms with Crippen molar-refractivity contribution in [3.8, 4) is 0 Å². The van der Waals surface area contributed by atoms with Gasteiger partial charge in [0, 0.05) is 10.3 Å². The fraction of sp³-hybridized carbons (Fsp3) is 0.143. The fourth-order valence-corrected chi connectivity index (χ4v) is 5.58. The van der Waals surface area contributed by atoms with Crippen molar-refractivity contribution < 1.29 is 39.5 Å². The molecule has 0 heterocycles. The molecular weight excluding hydrogens is 490 g/mol. The molecule has 0 saturated carbocycles. The highest BCUT2D eigenvalue weighted by Gasteiger charge is 2.34. The molecule has 0 bridgehead atoms. The highest BCUT2D eigenvalue weighted by molar-refractivity contribution is 7.80. The maximum atomic E-state index is 13.0. The van der Waals surface area contributed by atoms with Crippen LogP contribution in [0.4, 0.5) is 39.5 Å². The van der Waals surface area contributed by atoms with Crippen molar-refractivity contribution in [3.63, 3.8) is 0 Å². The smallest absolute Gasteiger partial charge is 0.166 e. The Balaban J connectivity index is 2.14. The van der Waals surface area contributed by atoms with Crippen molar-refractivity contribution in [2.75, 3.05) is 0 Å². The summed E-state index contributed by atoms with van der Waals surface area (Å²) < 4.78 is 116. The van der Waals surface area contributed by atoms with Crippen LogP contribution < -0.4 is 15.9 Å². The summed E-state index contributed by atoms with van der Waals surface area (Å²) in [5.74, 6) is 0. The van der Waals surface area contributed by atoms with Gasteiger partial charge in [-0.3, -0.25) is 0 Å². The molecule has 0 aliphatic carbocycles. The van der Waals surface area contributed by atoms with Crippen LogP contribution in [0.15, 0.2) is 66.7 Å². The summed E-state index contributed by atoms with van der Waals surface area (Å²) >= 11 is 6.09. The number of rotatable bonds is 3. The monoisotopic (exact) mass is 500 g/mol. The van der Waals surface area contributed by atoms with Crippen LogP contribution in [0, 0.1) is 0 Å². The predicted octanol–water partition coefficient (Wildman–Crippen LogP) is 7.15. The van der Waals surface area contributed by atoms with Gasteiger partial charge in [0.25, 0.3) is 0 Å². The highest BCUT2D eigenvalue weighted by Crippen LogP contribution is 2.40. The second-order valence-corrected chi connectivity index (χ2v) is 9.18. The van der Waals surface area contributed by atoms with E-state index >= 15 is 0 Å². The second-order valence-electron chi connectivity index (χ2n) is 6.59. The van der Waals surface area contributed by atoms with Gasteiger partial charge in [0.05, 0.1) is 16.7 Å². The summed E-state index contributed by atoms with van der Waals surface area (Å²) in [7, 11) is -1.85. The zero-order chi connectivity index (χ0) is 23.9. The van der Waals surface area contributed by atoms with Crippen LogP contribution in [0.25, 0.3) is 0 Å². The molecule has 0 unspecified atom stereocenters. The van der Waals surface area contributed by atoms with Crippen LogP contribution in [0.1, 0.15) is 16.7 Å². The van der Waals surface area contributed by atoms with E-state index in [2.05, 4.69) is 0 Å². The number of benzene rings is 3. The molecule has 0 atom stereocenters. The predicted molar refractivity (Wildman–Crippen MR) is 105 cm³/mol. The minimum absolute atomic E-state index is 0.161. The standard InChI is InChI=1S/C21H11ClF9P/c22-17-11-14(21(29,30)31)5-10-18(17)32(15-6-1-12(2-7-15)19(23,24)25)16-8-3-13(4-9-16)20(26,27)28/h1-11H. The topological polar surface area (TPSA) is 0 Å². The summed E-state index contributed by atoms with van der Waals surface area (Å²) in [6.07, 6.45) is -13.9. The molecule has 0 aliphatic rings. The third-order valence-corrected chi connectivity index (χ3v) is 7.37. The molecule has 3 aromatic rings. The largest absolute Gasteiger partial charge is 0.416 e. The van der Waals surface area contributed by atoms with Gasteiger partial charge in [-0.2, -0.15) is 39.5 Å². The normalized spacial score (nSPS) is 13.0. The van der Waals surface area contributed by atoms with Gasteiger partial charge in [0.15, 0.2) is 0 Å². The van der Waals surface area contributed by atoms with Crippen LogP contribution in [-0.4, -0.2) is 0 Å². The maximum absolute atomic E-state index is 13.0. The lowest BCUT2D eigenvalue weighted by atomic mass is 10.2. The Bertz CT molecular complexity index is 1030. The zero-order valence-corrected chi connectivity index (χ0v) is 17.2. The molecule has 0 amide bonds. The van der Waals surface area contributed by atoms with Crippen LogP contribution in [0.2, 0.25) is 5.02 Å². The Morgan fingerprint density at radius 2 is 0.844 bits per heavy atom. The van der Waals surface area contributed by atoms with Crippen molar-refractivity contribution in [2.24, 2.45) is 0 Å². The highest BCUT2D eigenvalue weighted by atomic mass is 35.5. The molecule has 0 radical (unpaired) electrons. The number of halogens is 10. The van der Waals surface area contributed by atoms with Gasteiger partial charge in [-0.25, -0.2) is 0 Å². The molecular formula is C21H11ClF9P. The van der Waals surface area contributed by atoms with Gasteiger partial charge in [0.1, 0.15) is 0 Å². The van der Waals surface area contributed by atoms with Gasteiger partial charge in [-0.1, -0.05) is 41.9 Å². The van der Waals surface area contributed by atoms with Crippen molar-refractivity contribution >= 4 is 35.4 Å². The van der Waals surface area contributed by atoms with Gasteiger partial charge in [-0.15, -0.1) is 0 Å². The number of alkyl halides is 9. The zero-order valence-electron chi connectivity index (χ0n) is 15.6. The minimum Gasteiger partial charge on any atom is -0.166 e. The first kappa shape index (κ1) is 24.4. The van der Waals surface area contributed by atoms with Crippen molar-refractivity contribution in [3.05, 3.63) is 88.4 Å². The Kier molecular flexibility index (Phi) is 6.55. The van der Waals surface area contributed by atoms with E-state index in [1.807, 2.05) is 0 Å². The molecule has 0 aliphatic heterocycles. The molecule has 0 aromatic heterocycles. The van der Waals surface area contributed by atoms with Gasteiger partial charge in [0.2, 0.25) is 0 Å². The van der Waals surface area contributed by atoms with Gasteiger partial charge in [-0.05, 0) is 54.9 Å². The third kappa shape index (κ3) is 5.38. The van der Waals surface area contributed by atoms with Gasteiger partial charge < -0.3 is 0 Å². The Labute approximate surface area is 182 Å². The molecule has 170 valence electrons. The van der Waals surface area contributed by atoms with E-state index in [1.54, 1.807) is 0 Å². The quantitative estimate of drug-likeness (QED) is 0.264. The average Bonchev–Trinajstić information content (AvgIpc) is 2.68. The first-order valence-electron chi connectivity index (χ1n) is 8.69. The first-order valence-corrected chi connectivity index (χ1v) is 10.4. The summed E-state index contributed by atoms with van der Waals surface area (Å²) in [6.45, 7) is 0. The molecule has 3 rings (SSSR count). The van der Waals surface area contributed by atoms with Crippen LogP contribution >= 0.6 is 19.5 Å². The van der Waals surface area contributed by atoms with Crippen molar-refractivity contribution in [1.82, 2.24) is 0 Å². The summed E-state index contributed by atoms with van der Waals surface area (Å²) in [5.41, 5.74) is -2.91. The molecule has 0 N–H and O–H groups in total. The molecule has 0 spiro atoms. The Hall–Kier alpha value is -2.25. The van der Waals surface area contributed by atoms with E-state index in [0.29, 0.717) is 6.07 Å².